The largest absolute Gasteiger partial charge is 0.478 e. The van der Waals surface area contributed by atoms with E-state index in [2.05, 4.69) is 23.5 Å². The number of hydrogen-bond acceptors (Lipinski definition) is 4. The number of hydrogen-bond donors (Lipinski definition) is 2. The highest BCUT2D eigenvalue weighted by molar-refractivity contribution is 7.99. The quantitative estimate of drug-likeness (QED) is 0.852. The predicted octanol–water partition coefficient (Wildman–Crippen LogP) is 3.49. The fourth-order valence-electron chi connectivity index (χ4n) is 1.93. The van der Waals surface area contributed by atoms with Crippen molar-refractivity contribution in [1.29, 1.82) is 0 Å². The van der Waals surface area contributed by atoms with Gasteiger partial charge in [-0.05, 0) is 24.8 Å². The van der Waals surface area contributed by atoms with E-state index in [0.717, 1.165) is 17.3 Å². The van der Waals surface area contributed by atoms with Crippen LogP contribution in [-0.2, 0) is 0 Å². The summed E-state index contributed by atoms with van der Waals surface area (Å²) in [6.45, 7) is 2.87. The number of para-hydroxylation sites is 1. The topological polar surface area (TPSA) is 62.2 Å². The number of anilines is 1. The molecule has 1 heterocycles. The van der Waals surface area contributed by atoms with Gasteiger partial charge in [0.1, 0.15) is 11.4 Å². The van der Waals surface area contributed by atoms with Gasteiger partial charge in [0, 0.05) is 17.2 Å². The number of aromatic carboxylic acids is 1. The van der Waals surface area contributed by atoms with Crippen molar-refractivity contribution in [2.24, 2.45) is 0 Å². The molecule has 1 unspecified atom stereocenters. The van der Waals surface area contributed by atoms with Crippen LogP contribution in [0.1, 0.15) is 23.7 Å². The van der Waals surface area contributed by atoms with Crippen LogP contribution in [0.4, 0.5) is 5.82 Å². The number of nitrogens with zero attached hydrogens (tertiary/aromatic N) is 1. The number of thioether (sulfide) groups is 1. The average molecular weight is 290 g/mol. The number of carboxylic acids is 1. The Balaban J connectivity index is 2.25. The fraction of sp³-hybridized carbons (Fsp3) is 0.333. The maximum Gasteiger partial charge on any atom is 0.339 e. The highest BCUT2D eigenvalue weighted by atomic mass is 32.2. The molecule has 2 aromatic rings. The van der Waals surface area contributed by atoms with Crippen molar-refractivity contribution in [3.8, 4) is 0 Å². The minimum absolute atomic E-state index is 0.223. The second kappa shape index (κ2) is 6.61. The molecule has 0 fully saturated rings. The third kappa shape index (κ3) is 3.42. The van der Waals surface area contributed by atoms with E-state index < -0.39 is 5.97 Å². The van der Waals surface area contributed by atoms with Gasteiger partial charge in [0.2, 0.25) is 0 Å². The lowest BCUT2D eigenvalue weighted by atomic mass is 10.1. The van der Waals surface area contributed by atoms with Crippen molar-refractivity contribution in [2.45, 2.75) is 18.6 Å². The minimum Gasteiger partial charge on any atom is -0.478 e. The van der Waals surface area contributed by atoms with Gasteiger partial charge in [-0.25, -0.2) is 9.78 Å². The smallest absolute Gasteiger partial charge is 0.339 e. The van der Waals surface area contributed by atoms with E-state index in [1.165, 1.54) is 0 Å². The van der Waals surface area contributed by atoms with E-state index in [9.17, 15) is 9.90 Å². The van der Waals surface area contributed by atoms with Crippen molar-refractivity contribution in [2.75, 3.05) is 18.1 Å². The average Bonchev–Trinajstić information content (AvgIpc) is 2.46. The van der Waals surface area contributed by atoms with Crippen molar-refractivity contribution in [1.82, 2.24) is 4.98 Å². The van der Waals surface area contributed by atoms with E-state index in [0.29, 0.717) is 17.6 Å². The Kier molecular flexibility index (Phi) is 4.84. The molecule has 106 valence electrons. The lowest BCUT2D eigenvalue weighted by Crippen LogP contribution is -2.12. The maximum absolute atomic E-state index is 11.3. The maximum atomic E-state index is 11.3. The van der Waals surface area contributed by atoms with Crippen LogP contribution in [0.5, 0.6) is 0 Å². The van der Waals surface area contributed by atoms with Gasteiger partial charge in [0.05, 0.1) is 5.52 Å². The van der Waals surface area contributed by atoms with E-state index in [4.69, 9.17) is 0 Å². The second-order valence-electron chi connectivity index (χ2n) is 4.64. The Morgan fingerprint density at radius 1 is 1.45 bits per heavy atom. The third-order valence-corrected chi connectivity index (χ3v) is 4.24. The van der Waals surface area contributed by atoms with E-state index in [1.807, 2.05) is 24.3 Å². The summed E-state index contributed by atoms with van der Waals surface area (Å²) in [4.78, 5) is 15.8. The molecule has 1 aromatic carbocycles. The normalized spacial score (nSPS) is 12.3. The van der Waals surface area contributed by atoms with Gasteiger partial charge in [0.15, 0.2) is 0 Å². The summed E-state index contributed by atoms with van der Waals surface area (Å²) in [7, 11) is 0. The first kappa shape index (κ1) is 14.7. The summed E-state index contributed by atoms with van der Waals surface area (Å²) in [5.41, 5.74) is 1.03. The van der Waals surface area contributed by atoms with Gasteiger partial charge in [0.25, 0.3) is 0 Å². The number of pyridine rings is 1. The van der Waals surface area contributed by atoms with E-state index in [1.54, 1.807) is 17.8 Å². The first-order chi connectivity index (χ1) is 9.61. The van der Waals surface area contributed by atoms with Gasteiger partial charge >= 0.3 is 5.97 Å². The van der Waals surface area contributed by atoms with Crippen LogP contribution in [0.3, 0.4) is 0 Å². The lowest BCUT2D eigenvalue weighted by Gasteiger charge is -2.12. The number of fused-ring (bicyclic) bond motifs is 1. The van der Waals surface area contributed by atoms with Crippen LogP contribution in [0.2, 0.25) is 0 Å². The molecular weight excluding hydrogens is 272 g/mol. The molecule has 0 aliphatic carbocycles. The summed E-state index contributed by atoms with van der Waals surface area (Å²) in [5, 5.41) is 13.8. The Morgan fingerprint density at radius 2 is 2.20 bits per heavy atom. The van der Waals surface area contributed by atoms with E-state index in [-0.39, 0.29) is 5.56 Å². The lowest BCUT2D eigenvalue weighted by molar-refractivity contribution is 0.0698. The molecule has 0 aliphatic heterocycles. The Bertz CT molecular complexity index is 616. The highest BCUT2D eigenvalue weighted by Gasteiger charge is 2.13. The van der Waals surface area contributed by atoms with Crippen LogP contribution in [0, 0.1) is 0 Å². The van der Waals surface area contributed by atoms with Gasteiger partial charge in [-0.15, -0.1) is 0 Å². The van der Waals surface area contributed by atoms with Crippen molar-refractivity contribution >= 4 is 34.5 Å². The second-order valence-corrected chi connectivity index (χ2v) is 5.92. The summed E-state index contributed by atoms with van der Waals surface area (Å²) >= 11 is 1.80. The van der Waals surface area contributed by atoms with Crippen LogP contribution in [0.15, 0.2) is 30.3 Å². The number of carboxylic acid groups (broad SMARTS) is 1. The molecule has 0 bridgehead atoms. The fourth-order valence-corrected chi connectivity index (χ4v) is 2.28. The summed E-state index contributed by atoms with van der Waals surface area (Å²) < 4.78 is 0. The Morgan fingerprint density at radius 3 is 2.90 bits per heavy atom. The van der Waals surface area contributed by atoms with Crippen LogP contribution >= 0.6 is 11.8 Å². The summed E-state index contributed by atoms with van der Waals surface area (Å²) in [6.07, 6.45) is 3.04. The molecular formula is C15H18N2O2S. The minimum atomic E-state index is -0.955. The molecule has 1 atom stereocenters. The zero-order valence-electron chi connectivity index (χ0n) is 11.6. The zero-order chi connectivity index (χ0) is 14.5. The number of nitrogens with one attached hydrogen (secondary N) is 1. The SMILES string of the molecule is CSC(C)CCNc1nc2ccccc2cc1C(=O)O. The van der Waals surface area contributed by atoms with Crippen LogP contribution in [-0.4, -0.2) is 34.1 Å². The third-order valence-electron chi connectivity index (χ3n) is 3.20. The van der Waals surface area contributed by atoms with Gasteiger partial charge in [-0.3, -0.25) is 0 Å². The molecule has 20 heavy (non-hydrogen) atoms. The first-order valence-corrected chi connectivity index (χ1v) is 7.80. The monoisotopic (exact) mass is 290 g/mol. The van der Waals surface area contributed by atoms with E-state index >= 15 is 0 Å². The number of carbonyl (C=O) groups is 1. The zero-order valence-corrected chi connectivity index (χ0v) is 12.4. The molecule has 0 radical (unpaired) electrons. The number of benzene rings is 1. The predicted molar refractivity (Wildman–Crippen MR) is 84.8 cm³/mol. The van der Waals surface area contributed by atoms with Gasteiger partial charge < -0.3 is 10.4 Å². The molecule has 4 nitrogen and oxygen atoms in total. The number of aromatic nitrogens is 1. The van der Waals surface area contributed by atoms with Crippen molar-refractivity contribution < 1.29 is 9.90 Å². The Labute approximate surface area is 122 Å². The molecule has 1 aromatic heterocycles. The first-order valence-electron chi connectivity index (χ1n) is 6.51. The molecule has 5 heteroatoms. The number of rotatable bonds is 6. The Hall–Kier alpha value is -1.75. The molecule has 0 aliphatic rings. The molecule has 0 saturated heterocycles. The van der Waals surface area contributed by atoms with Gasteiger partial charge in [-0.2, -0.15) is 11.8 Å². The van der Waals surface area contributed by atoms with Crippen molar-refractivity contribution in [3.63, 3.8) is 0 Å². The van der Waals surface area contributed by atoms with Crippen molar-refractivity contribution in [3.05, 3.63) is 35.9 Å². The summed E-state index contributed by atoms with van der Waals surface area (Å²) in [6, 6.07) is 9.20. The molecule has 2 N–H and O–H groups in total. The molecule has 0 spiro atoms. The van der Waals surface area contributed by atoms with Crippen LogP contribution in [0.25, 0.3) is 10.9 Å². The highest BCUT2D eigenvalue weighted by Crippen LogP contribution is 2.21. The standard InChI is InChI=1S/C15H18N2O2S/c1-10(20-2)7-8-16-14-12(15(18)19)9-11-5-3-4-6-13(11)17-14/h3-6,9-10H,7-8H2,1-2H3,(H,16,17)(H,18,19). The summed E-state index contributed by atoms with van der Waals surface area (Å²) in [5.74, 6) is -0.506. The van der Waals surface area contributed by atoms with Gasteiger partial charge in [-0.1, -0.05) is 25.1 Å². The molecule has 0 saturated carbocycles. The van der Waals surface area contributed by atoms with Crippen LogP contribution < -0.4 is 5.32 Å². The molecule has 2 rings (SSSR count). The molecule has 0 amide bonds.